The molecule has 0 unspecified atom stereocenters. The zero-order valence-electron chi connectivity index (χ0n) is 16.2. The van der Waals surface area contributed by atoms with Crippen molar-refractivity contribution < 1.29 is 9.53 Å². The van der Waals surface area contributed by atoms with E-state index in [1.165, 1.54) is 5.56 Å². The molecule has 1 aromatic heterocycles. The van der Waals surface area contributed by atoms with Gasteiger partial charge in [-0.2, -0.15) is 5.10 Å². The van der Waals surface area contributed by atoms with Crippen molar-refractivity contribution >= 4 is 17.6 Å². The molecule has 0 saturated carbocycles. The van der Waals surface area contributed by atoms with Gasteiger partial charge in [0, 0.05) is 36.4 Å². The summed E-state index contributed by atoms with van der Waals surface area (Å²) in [6.45, 7) is 7.68. The first-order valence-corrected chi connectivity index (χ1v) is 10.1. The Hall–Kier alpha value is -1.85. The first-order chi connectivity index (χ1) is 13.0. The third-order valence-corrected chi connectivity index (χ3v) is 5.45. The van der Waals surface area contributed by atoms with Crippen molar-refractivity contribution in [3.05, 3.63) is 52.8 Å². The van der Waals surface area contributed by atoms with Gasteiger partial charge in [0.15, 0.2) is 0 Å². The Morgan fingerprint density at radius 2 is 2.19 bits per heavy atom. The summed E-state index contributed by atoms with van der Waals surface area (Å²) < 4.78 is 7.43. The quantitative estimate of drug-likeness (QED) is 0.673. The molecule has 1 aliphatic heterocycles. The van der Waals surface area contributed by atoms with Gasteiger partial charge in [-0.15, -0.1) is 0 Å². The van der Waals surface area contributed by atoms with Crippen molar-refractivity contribution in [1.29, 1.82) is 0 Å². The zero-order chi connectivity index (χ0) is 19.3. The SMILES string of the molecule is CCOC(=O)[C@]1(Cc2cccc(Cl)c2)CCCN(Cc2cnn(CC)c2)C1. The molecule has 1 aliphatic rings. The van der Waals surface area contributed by atoms with Crippen LogP contribution in [0.2, 0.25) is 5.02 Å². The maximum atomic E-state index is 13.0. The summed E-state index contributed by atoms with van der Waals surface area (Å²) in [6, 6.07) is 7.79. The van der Waals surface area contributed by atoms with Crippen LogP contribution in [-0.4, -0.2) is 40.3 Å². The molecule has 1 atom stereocenters. The number of carbonyl (C=O) groups is 1. The molecule has 0 N–H and O–H groups in total. The van der Waals surface area contributed by atoms with Crippen LogP contribution in [0, 0.1) is 5.41 Å². The molecule has 0 bridgehead atoms. The highest BCUT2D eigenvalue weighted by Gasteiger charge is 2.43. The molecular weight excluding hydrogens is 362 g/mol. The Morgan fingerprint density at radius 1 is 1.33 bits per heavy atom. The number of aromatic nitrogens is 2. The number of aryl methyl sites for hydroxylation is 1. The van der Waals surface area contributed by atoms with Crippen molar-refractivity contribution in [3.63, 3.8) is 0 Å². The van der Waals surface area contributed by atoms with Gasteiger partial charge in [0.1, 0.15) is 0 Å². The summed E-state index contributed by atoms with van der Waals surface area (Å²) in [5.41, 5.74) is 1.73. The topological polar surface area (TPSA) is 47.4 Å². The molecule has 6 heteroatoms. The molecule has 146 valence electrons. The molecule has 5 nitrogen and oxygen atoms in total. The van der Waals surface area contributed by atoms with Crippen molar-refractivity contribution in [2.75, 3.05) is 19.7 Å². The van der Waals surface area contributed by atoms with E-state index in [2.05, 4.69) is 23.1 Å². The number of piperidine rings is 1. The average molecular weight is 390 g/mol. The van der Waals surface area contributed by atoms with Gasteiger partial charge in [0.05, 0.1) is 18.2 Å². The van der Waals surface area contributed by atoms with Crippen molar-refractivity contribution in [2.45, 2.75) is 46.2 Å². The summed E-state index contributed by atoms with van der Waals surface area (Å²) in [5, 5.41) is 5.06. The molecule has 1 saturated heterocycles. The molecule has 2 aromatic rings. The number of ether oxygens (including phenoxy) is 1. The molecular formula is C21H28ClN3O2. The summed E-state index contributed by atoms with van der Waals surface area (Å²) in [5.74, 6) is -0.0982. The van der Waals surface area contributed by atoms with E-state index in [1.54, 1.807) is 0 Å². The van der Waals surface area contributed by atoms with Crippen LogP contribution >= 0.6 is 11.6 Å². The fourth-order valence-corrected chi connectivity index (χ4v) is 4.20. The van der Waals surface area contributed by atoms with Crippen molar-refractivity contribution in [3.8, 4) is 0 Å². The van der Waals surface area contributed by atoms with E-state index in [1.807, 2.05) is 42.1 Å². The molecule has 2 heterocycles. The smallest absolute Gasteiger partial charge is 0.313 e. The lowest BCUT2D eigenvalue weighted by atomic mass is 9.75. The largest absolute Gasteiger partial charge is 0.466 e. The number of rotatable bonds is 7. The summed E-state index contributed by atoms with van der Waals surface area (Å²) >= 11 is 6.16. The van der Waals surface area contributed by atoms with Gasteiger partial charge in [-0.1, -0.05) is 23.7 Å². The van der Waals surface area contributed by atoms with Gasteiger partial charge < -0.3 is 4.74 Å². The molecule has 1 aromatic carbocycles. The van der Waals surface area contributed by atoms with E-state index in [4.69, 9.17) is 16.3 Å². The summed E-state index contributed by atoms with van der Waals surface area (Å²) in [4.78, 5) is 15.3. The first kappa shape index (κ1) is 19.9. The van der Waals surface area contributed by atoms with Crippen LogP contribution in [0.3, 0.4) is 0 Å². The second-order valence-electron chi connectivity index (χ2n) is 7.33. The van der Waals surface area contributed by atoms with Gasteiger partial charge >= 0.3 is 5.97 Å². The van der Waals surface area contributed by atoms with Gasteiger partial charge in [0.25, 0.3) is 0 Å². The number of hydrogen-bond acceptors (Lipinski definition) is 4. The lowest BCUT2D eigenvalue weighted by Crippen LogP contribution is -2.49. The molecule has 0 radical (unpaired) electrons. The Kier molecular flexibility index (Phi) is 6.55. The number of carbonyl (C=O) groups excluding carboxylic acids is 1. The average Bonchev–Trinajstić information content (AvgIpc) is 3.10. The summed E-state index contributed by atoms with van der Waals surface area (Å²) in [7, 11) is 0. The van der Waals surface area contributed by atoms with Gasteiger partial charge in [-0.25, -0.2) is 0 Å². The van der Waals surface area contributed by atoms with E-state index in [0.717, 1.165) is 38.0 Å². The second-order valence-corrected chi connectivity index (χ2v) is 7.76. The van der Waals surface area contributed by atoms with E-state index in [9.17, 15) is 4.79 Å². The summed E-state index contributed by atoms with van der Waals surface area (Å²) in [6.07, 6.45) is 6.46. The second kappa shape index (κ2) is 8.89. The highest BCUT2D eigenvalue weighted by atomic mass is 35.5. The maximum Gasteiger partial charge on any atom is 0.313 e. The normalized spacial score (nSPS) is 20.6. The maximum absolute atomic E-state index is 13.0. The van der Waals surface area contributed by atoms with Crippen molar-refractivity contribution in [2.24, 2.45) is 5.41 Å². The highest BCUT2D eigenvalue weighted by molar-refractivity contribution is 6.30. The Labute approximate surface area is 166 Å². The number of hydrogen-bond donors (Lipinski definition) is 0. The van der Waals surface area contributed by atoms with Gasteiger partial charge in [-0.3, -0.25) is 14.4 Å². The fourth-order valence-electron chi connectivity index (χ4n) is 3.99. The number of likely N-dealkylation sites (tertiary alicyclic amines) is 1. The highest BCUT2D eigenvalue weighted by Crippen LogP contribution is 2.36. The molecule has 0 aliphatic carbocycles. The van der Waals surface area contributed by atoms with Crippen LogP contribution in [0.5, 0.6) is 0 Å². The van der Waals surface area contributed by atoms with Gasteiger partial charge in [0.2, 0.25) is 0 Å². The van der Waals surface area contributed by atoms with E-state index < -0.39 is 5.41 Å². The number of halogens is 1. The fraction of sp³-hybridized carbons (Fsp3) is 0.524. The molecule has 27 heavy (non-hydrogen) atoms. The standard InChI is InChI=1S/C21H28ClN3O2/c1-3-25-15-18(13-23-25)14-24-10-6-9-21(16-24,20(26)27-4-2)12-17-7-5-8-19(22)11-17/h5,7-8,11,13,15H,3-4,6,9-10,12,14,16H2,1-2H3/t21-/m0/s1. The Balaban J connectivity index is 1.79. The van der Waals surface area contributed by atoms with Crippen LogP contribution in [0.25, 0.3) is 0 Å². The number of benzene rings is 1. The minimum Gasteiger partial charge on any atom is -0.466 e. The van der Waals surface area contributed by atoms with E-state index in [0.29, 0.717) is 24.6 Å². The van der Waals surface area contributed by atoms with E-state index >= 15 is 0 Å². The monoisotopic (exact) mass is 389 g/mol. The molecule has 0 amide bonds. The lowest BCUT2D eigenvalue weighted by Gasteiger charge is -2.41. The molecule has 3 rings (SSSR count). The minimum atomic E-state index is -0.528. The Morgan fingerprint density at radius 3 is 2.89 bits per heavy atom. The van der Waals surface area contributed by atoms with Crippen LogP contribution in [0.15, 0.2) is 36.7 Å². The molecule has 0 spiro atoms. The lowest BCUT2D eigenvalue weighted by molar-refractivity contribution is -0.159. The predicted molar refractivity (Wildman–Crippen MR) is 107 cm³/mol. The van der Waals surface area contributed by atoms with Crippen LogP contribution < -0.4 is 0 Å². The van der Waals surface area contributed by atoms with E-state index in [-0.39, 0.29) is 5.97 Å². The zero-order valence-corrected chi connectivity index (χ0v) is 16.9. The minimum absolute atomic E-state index is 0.0982. The van der Waals surface area contributed by atoms with Crippen LogP contribution in [0.4, 0.5) is 0 Å². The third-order valence-electron chi connectivity index (χ3n) is 5.21. The predicted octanol–water partition coefficient (Wildman–Crippen LogP) is 3.94. The van der Waals surface area contributed by atoms with Crippen molar-refractivity contribution in [1.82, 2.24) is 14.7 Å². The molecule has 1 fully saturated rings. The van der Waals surface area contributed by atoms with Gasteiger partial charge in [-0.05, 0) is 57.4 Å². The van der Waals surface area contributed by atoms with Crippen LogP contribution in [0.1, 0.15) is 37.8 Å². The van der Waals surface area contributed by atoms with Crippen LogP contribution in [-0.2, 0) is 29.0 Å². The number of nitrogens with zero attached hydrogens (tertiary/aromatic N) is 3. The third kappa shape index (κ3) is 4.90. The first-order valence-electron chi connectivity index (χ1n) is 9.70. The number of esters is 1. The Bertz CT molecular complexity index is 776.